The van der Waals surface area contributed by atoms with Gasteiger partial charge in [-0.15, -0.1) is 0 Å². The predicted octanol–water partition coefficient (Wildman–Crippen LogP) is 5.26. The average molecular weight is 325 g/mol. The van der Waals surface area contributed by atoms with Gasteiger partial charge in [0.15, 0.2) is 0 Å². The van der Waals surface area contributed by atoms with Gasteiger partial charge in [-0.2, -0.15) is 0 Å². The maximum atomic E-state index is 14.6. The van der Waals surface area contributed by atoms with Crippen molar-refractivity contribution in [3.05, 3.63) is 24.0 Å². The fraction of sp³-hybridized carbons (Fsp3) is 0.667. The molecular weight excluding hydrogens is 291 g/mol. The zero-order valence-electron chi connectivity index (χ0n) is 14.9. The monoisotopic (exact) mass is 324 g/mol. The molecule has 1 aromatic carbocycles. The number of halogens is 1. The summed E-state index contributed by atoms with van der Waals surface area (Å²) in [4.78, 5) is 0. The first-order valence-electron chi connectivity index (χ1n) is 8.79. The molecule has 0 N–H and O–H groups in total. The molecule has 0 saturated heterocycles. The summed E-state index contributed by atoms with van der Waals surface area (Å²) >= 11 is 0. The largest absolute Gasteiger partial charge is 0.207 e. The van der Waals surface area contributed by atoms with Crippen LogP contribution < -0.4 is 10.4 Å². The molecule has 0 aliphatic carbocycles. The van der Waals surface area contributed by atoms with E-state index < -0.39 is 16.1 Å². The molecule has 0 aliphatic heterocycles. The molecule has 1 rings (SSSR count). The first-order valence-corrected chi connectivity index (χ1v) is 14.0. The molecule has 0 unspecified atom stereocenters. The van der Waals surface area contributed by atoms with E-state index in [1.807, 2.05) is 0 Å². The Hall–Kier alpha value is -0.416. The number of hydrogen-bond acceptors (Lipinski definition) is 0. The molecule has 120 valence electrons. The molecule has 1 aromatic rings. The minimum atomic E-state index is -1.64. The van der Waals surface area contributed by atoms with E-state index in [1.54, 1.807) is 6.07 Å². The summed E-state index contributed by atoms with van der Waals surface area (Å²) in [5.74, 6) is 0.0576. The van der Waals surface area contributed by atoms with Gasteiger partial charge in [-0.1, -0.05) is 95.1 Å². The van der Waals surface area contributed by atoms with Crippen LogP contribution in [0.2, 0.25) is 36.3 Å². The van der Waals surface area contributed by atoms with Crippen molar-refractivity contribution in [1.82, 2.24) is 0 Å². The Labute approximate surface area is 133 Å². The van der Waals surface area contributed by atoms with E-state index in [1.165, 1.54) is 23.3 Å². The van der Waals surface area contributed by atoms with Crippen molar-refractivity contribution < 1.29 is 4.39 Å². The van der Waals surface area contributed by atoms with Crippen molar-refractivity contribution in [3.63, 3.8) is 0 Å². The SMILES string of the molecule is CC[Si](CC)(CC)c1ccc(F)c([Si](CC)(CC)CC)c1. The maximum Gasteiger partial charge on any atom is 0.122 e. The molecule has 0 nitrogen and oxygen atoms in total. The molecule has 0 amide bonds. The normalized spacial score (nSPS) is 12.7. The topological polar surface area (TPSA) is 0 Å². The van der Waals surface area contributed by atoms with Crippen LogP contribution in [-0.4, -0.2) is 16.1 Å². The van der Waals surface area contributed by atoms with E-state index >= 15 is 0 Å². The van der Waals surface area contributed by atoms with Crippen molar-refractivity contribution in [2.75, 3.05) is 0 Å². The molecule has 0 atom stereocenters. The Morgan fingerprint density at radius 3 is 1.52 bits per heavy atom. The van der Waals surface area contributed by atoms with Crippen molar-refractivity contribution in [3.8, 4) is 0 Å². The van der Waals surface area contributed by atoms with E-state index in [0.717, 1.165) is 23.3 Å². The summed E-state index contributed by atoms with van der Waals surface area (Å²) in [5, 5.41) is 2.61. The third-order valence-corrected chi connectivity index (χ3v) is 17.4. The third-order valence-electron chi connectivity index (χ3n) is 6.21. The average Bonchev–Trinajstić information content (AvgIpc) is 2.54. The minimum Gasteiger partial charge on any atom is -0.207 e. The zero-order chi connectivity index (χ0) is 16.1. The zero-order valence-corrected chi connectivity index (χ0v) is 16.9. The van der Waals surface area contributed by atoms with Crippen molar-refractivity contribution in [1.29, 1.82) is 0 Å². The highest BCUT2D eigenvalue weighted by molar-refractivity contribution is 6.94. The quantitative estimate of drug-likeness (QED) is 0.572. The Morgan fingerprint density at radius 1 is 0.714 bits per heavy atom. The summed E-state index contributed by atoms with van der Waals surface area (Å²) in [6, 6.07) is 13.4. The lowest BCUT2D eigenvalue weighted by molar-refractivity contribution is 0.634. The summed E-state index contributed by atoms with van der Waals surface area (Å²) < 4.78 is 14.6. The van der Waals surface area contributed by atoms with Gasteiger partial charge in [0, 0.05) is 0 Å². The molecule has 0 aliphatic rings. The number of hydrogen-bond donors (Lipinski definition) is 0. The lowest BCUT2D eigenvalue weighted by Crippen LogP contribution is -2.53. The predicted molar refractivity (Wildman–Crippen MR) is 100 cm³/mol. The molecule has 0 radical (unpaired) electrons. The second-order valence-corrected chi connectivity index (χ2v) is 16.9. The summed E-state index contributed by atoms with van der Waals surface area (Å²) in [7, 11) is -3.05. The number of rotatable bonds is 8. The molecule has 0 fully saturated rings. The van der Waals surface area contributed by atoms with Gasteiger partial charge < -0.3 is 0 Å². The fourth-order valence-electron chi connectivity index (χ4n) is 3.95. The fourth-order valence-corrected chi connectivity index (χ4v) is 11.4. The van der Waals surface area contributed by atoms with Gasteiger partial charge in [0.1, 0.15) is 5.82 Å². The smallest absolute Gasteiger partial charge is 0.122 e. The molecule has 0 spiro atoms. The maximum absolute atomic E-state index is 14.6. The Balaban J connectivity index is 3.46. The van der Waals surface area contributed by atoms with E-state index in [0.29, 0.717) is 0 Å². The summed E-state index contributed by atoms with van der Waals surface area (Å²) in [5.41, 5.74) is 0. The van der Waals surface area contributed by atoms with Crippen LogP contribution in [0.3, 0.4) is 0 Å². The Kier molecular flexibility index (Phi) is 6.86. The lowest BCUT2D eigenvalue weighted by atomic mass is 10.3. The highest BCUT2D eigenvalue weighted by Crippen LogP contribution is 2.24. The van der Waals surface area contributed by atoms with Crippen molar-refractivity contribution >= 4 is 26.5 Å². The summed E-state index contributed by atoms with van der Waals surface area (Å²) in [6.07, 6.45) is 0. The highest BCUT2D eigenvalue weighted by atomic mass is 28.3. The van der Waals surface area contributed by atoms with Gasteiger partial charge in [0.25, 0.3) is 0 Å². The van der Waals surface area contributed by atoms with E-state index in [-0.39, 0.29) is 5.82 Å². The molecule has 0 aromatic heterocycles. The highest BCUT2D eigenvalue weighted by Gasteiger charge is 2.35. The van der Waals surface area contributed by atoms with Crippen LogP contribution in [0.25, 0.3) is 0 Å². The van der Waals surface area contributed by atoms with Crippen LogP contribution >= 0.6 is 0 Å². The van der Waals surface area contributed by atoms with Gasteiger partial charge >= 0.3 is 0 Å². The minimum absolute atomic E-state index is 0.0576. The second-order valence-electron chi connectivity index (χ2n) is 6.38. The second kappa shape index (κ2) is 7.73. The molecule has 0 heterocycles. The van der Waals surface area contributed by atoms with Gasteiger partial charge in [0.2, 0.25) is 0 Å². The summed E-state index contributed by atoms with van der Waals surface area (Å²) in [6.45, 7) is 13.8. The van der Waals surface area contributed by atoms with E-state index in [9.17, 15) is 4.39 Å². The van der Waals surface area contributed by atoms with Gasteiger partial charge in [0.05, 0.1) is 16.1 Å². The van der Waals surface area contributed by atoms with Crippen LogP contribution in [0.4, 0.5) is 4.39 Å². The Bertz CT molecular complexity index is 432. The standard InChI is InChI=1S/C18H33FSi2/c1-7-20(8-2,9-3)16-13-14-17(19)18(15-16)21(10-4,11-5)12-6/h13-15H,7-12H2,1-6H3. The van der Waals surface area contributed by atoms with Crippen LogP contribution in [0, 0.1) is 5.82 Å². The van der Waals surface area contributed by atoms with Crippen LogP contribution in [0.15, 0.2) is 18.2 Å². The van der Waals surface area contributed by atoms with Gasteiger partial charge in [-0.25, -0.2) is 4.39 Å². The molecular formula is C18H33FSi2. The van der Waals surface area contributed by atoms with Gasteiger partial charge in [-0.05, 0) is 11.3 Å². The van der Waals surface area contributed by atoms with Gasteiger partial charge in [-0.3, -0.25) is 0 Å². The lowest BCUT2D eigenvalue weighted by Gasteiger charge is -2.33. The molecule has 0 bridgehead atoms. The first-order chi connectivity index (χ1) is 9.98. The molecule has 21 heavy (non-hydrogen) atoms. The van der Waals surface area contributed by atoms with Crippen LogP contribution in [0.1, 0.15) is 41.5 Å². The van der Waals surface area contributed by atoms with Crippen molar-refractivity contribution in [2.45, 2.75) is 77.8 Å². The van der Waals surface area contributed by atoms with Crippen LogP contribution in [-0.2, 0) is 0 Å². The van der Waals surface area contributed by atoms with Crippen LogP contribution in [0.5, 0.6) is 0 Å². The van der Waals surface area contributed by atoms with E-state index in [2.05, 4.69) is 53.7 Å². The third kappa shape index (κ3) is 3.34. The van der Waals surface area contributed by atoms with E-state index in [4.69, 9.17) is 0 Å². The number of benzene rings is 1. The molecule has 0 saturated carbocycles. The Morgan fingerprint density at radius 2 is 1.14 bits per heavy atom. The molecule has 3 heteroatoms. The first kappa shape index (κ1) is 18.6. The van der Waals surface area contributed by atoms with Crippen molar-refractivity contribution in [2.24, 2.45) is 0 Å².